The second-order valence-corrected chi connectivity index (χ2v) is 6.90. The molecule has 0 spiro atoms. The van der Waals surface area contributed by atoms with Gasteiger partial charge in [-0.15, -0.1) is 0 Å². The van der Waals surface area contributed by atoms with Crippen molar-refractivity contribution in [3.05, 3.63) is 18.2 Å². The summed E-state index contributed by atoms with van der Waals surface area (Å²) < 4.78 is 23.7. The van der Waals surface area contributed by atoms with Crippen molar-refractivity contribution in [1.29, 1.82) is 0 Å². The third kappa shape index (κ3) is 3.15. The van der Waals surface area contributed by atoms with Gasteiger partial charge in [-0.05, 0) is 37.9 Å². The average molecular weight is 295 g/mol. The predicted octanol–water partition coefficient (Wildman–Crippen LogP) is 1.95. The minimum Gasteiger partial charge on any atom is -0.490 e. The molecule has 0 radical (unpaired) electrons. The van der Waals surface area contributed by atoms with E-state index in [1.54, 1.807) is 0 Å². The molecule has 0 aromatic heterocycles. The van der Waals surface area contributed by atoms with E-state index in [2.05, 4.69) is 5.32 Å². The molecule has 1 saturated carbocycles. The summed E-state index contributed by atoms with van der Waals surface area (Å²) in [6, 6.07) is 5.99. The number of fused-ring (bicyclic) bond motifs is 1. The molecule has 5 heteroatoms. The van der Waals surface area contributed by atoms with Gasteiger partial charge in [0.15, 0.2) is 11.5 Å². The molecule has 1 aromatic carbocycles. The summed E-state index contributed by atoms with van der Waals surface area (Å²) in [5.41, 5.74) is 0. The molecule has 1 aliphatic carbocycles. The lowest BCUT2D eigenvalue weighted by atomic mass is 10.2. The molecule has 2 atom stereocenters. The smallest absolute Gasteiger partial charge is 0.162 e. The van der Waals surface area contributed by atoms with Gasteiger partial charge in [0.25, 0.3) is 0 Å². The first-order chi connectivity index (χ1) is 9.78. The number of ether oxygens (including phenoxy) is 2. The first-order valence-electron chi connectivity index (χ1n) is 7.23. The van der Waals surface area contributed by atoms with Crippen LogP contribution in [0.15, 0.2) is 23.1 Å². The zero-order valence-electron chi connectivity index (χ0n) is 11.8. The molecule has 0 amide bonds. The molecule has 1 fully saturated rings. The summed E-state index contributed by atoms with van der Waals surface area (Å²) in [5, 5.41) is 3.29. The molecule has 1 aromatic rings. The lowest BCUT2D eigenvalue weighted by molar-refractivity contribution is 0.297. The lowest BCUT2D eigenvalue weighted by Gasteiger charge is -2.15. The molecular weight excluding hydrogens is 274 g/mol. The molecule has 1 aliphatic heterocycles. The average Bonchev–Trinajstić information content (AvgIpc) is 3.30. The van der Waals surface area contributed by atoms with Crippen LogP contribution in [0.3, 0.4) is 0 Å². The van der Waals surface area contributed by atoms with Gasteiger partial charge in [-0.3, -0.25) is 4.21 Å². The Morgan fingerprint density at radius 1 is 1.30 bits per heavy atom. The maximum atomic E-state index is 12.5. The number of nitrogens with one attached hydrogen (secondary N) is 1. The van der Waals surface area contributed by atoms with Crippen LogP contribution >= 0.6 is 0 Å². The molecule has 110 valence electrons. The van der Waals surface area contributed by atoms with Crippen molar-refractivity contribution >= 4 is 10.8 Å². The van der Waals surface area contributed by atoms with Gasteiger partial charge in [-0.1, -0.05) is 0 Å². The maximum Gasteiger partial charge on any atom is 0.162 e. The summed E-state index contributed by atoms with van der Waals surface area (Å²) in [7, 11) is 0.957. The van der Waals surface area contributed by atoms with Crippen molar-refractivity contribution in [3.8, 4) is 11.5 Å². The van der Waals surface area contributed by atoms with Crippen LogP contribution in [0.1, 0.15) is 19.3 Å². The van der Waals surface area contributed by atoms with Gasteiger partial charge in [-0.25, -0.2) is 0 Å². The third-order valence-corrected chi connectivity index (χ3v) is 5.32. The summed E-state index contributed by atoms with van der Waals surface area (Å²) in [4.78, 5) is 0.829. The van der Waals surface area contributed by atoms with E-state index >= 15 is 0 Å². The van der Waals surface area contributed by atoms with E-state index in [0.717, 1.165) is 22.8 Å². The highest BCUT2D eigenvalue weighted by Crippen LogP contribution is 2.34. The first kappa shape index (κ1) is 13.9. The van der Waals surface area contributed by atoms with Gasteiger partial charge in [0.05, 0.1) is 24.0 Å². The number of benzene rings is 1. The molecule has 3 rings (SSSR count). The summed E-state index contributed by atoms with van der Waals surface area (Å²) >= 11 is 0. The summed E-state index contributed by atoms with van der Waals surface area (Å²) in [5.74, 6) is 2.85. The Kier molecular flexibility index (Phi) is 4.27. The van der Waals surface area contributed by atoms with E-state index < -0.39 is 10.8 Å². The van der Waals surface area contributed by atoms with Crippen molar-refractivity contribution in [2.75, 3.05) is 26.0 Å². The number of hydrogen-bond acceptors (Lipinski definition) is 4. The highest BCUT2D eigenvalue weighted by atomic mass is 32.2. The van der Waals surface area contributed by atoms with Crippen molar-refractivity contribution in [3.63, 3.8) is 0 Å². The van der Waals surface area contributed by atoms with Crippen molar-refractivity contribution in [1.82, 2.24) is 5.32 Å². The topological polar surface area (TPSA) is 47.6 Å². The highest BCUT2D eigenvalue weighted by molar-refractivity contribution is 7.85. The fourth-order valence-electron chi connectivity index (χ4n) is 2.50. The molecule has 2 aliphatic rings. The predicted molar refractivity (Wildman–Crippen MR) is 78.9 cm³/mol. The van der Waals surface area contributed by atoms with Crippen molar-refractivity contribution in [2.45, 2.75) is 30.2 Å². The standard InChI is InChI=1S/C15H21NO3S/c1-16-13(11-3-4-11)10-20(17)12-5-6-14-15(9-12)19-8-2-7-18-14/h5-6,9,11,13,16H,2-4,7-8,10H2,1H3. The Morgan fingerprint density at radius 2 is 2.05 bits per heavy atom. The van der Waals surface area contributed by atoms with Crippen LogP contribution < -0.4 is 14.8 Å². The van der Waals surface area contributed by atoms with Gasteiger partial charge >= 0.3 is 0 Å². The molecule has 0 bridgehead atoms. The minimum absolute atomic E-state index is 0.354. The van der Waals surface area contributed by atoms with Gasteiger partial charge in [0, 0.05) is 29.2 Å². The fraction of sp³-hybridized carbons (Fsp3) is 0.600. The van der Waals surface area contributed by atoms with Crippen LogP contribution in [-0.4, -0.2) is 36.3 Å². The second-order valence-electron chi connectivity index (χ2n) is 5.40. The zero-order valence-corrected chi connectivity index (χ0v) is 12.6. The zero-order chi connectivity index (χ0) is 13.9. The van der Waals surface area contributed by atoms with E-state index in [0.29, 0.717) is 30.9 Å². The third-order valence-electron chi connectivity index (χ3n) is 3.87. The van der Waals surface area contributed by atoms with Gasteiger partial charge in [0.2, 0.25) is 0 Å². The van der Waals surface area contributed by atoms with Gasteiger partial charge in [-0.2, -0.15) is 0 Å². The molecule has 1 heterocycles. The monoisotopic (exact) mass is 295 g/mol. The van der Waals surface area contributed by atoms with Crippen LogP contribution in [0.2, 0.25) is 0 Å². The van der Waals surface area contributed by atoms with Crippen LogP contribution in [0.5, 0.6) is 11.5 Å². The largest absolute Gasteiger partial charge is 0.490 e. The summed E-state index contributed by atoms with van der Waals surface area (Å²) in [6.45, 7) is 1.34. The number of rotatable bonds is 5. The van der Waals surface area contributed by atoms with Crippen molar-refractivity contribution in [2.24, 2.45) is 5.92 Å². The quantitative estimate of drug-likeness (QED) is 0.902. The van der Waals surface area contributed by atoms with Gasteiger partial charge in [0.1, 0.15) is 0 Å². The van der Waals surface area contributed by atoms with Crippen LogP contribution in [0.25, 0.3) is 0 Å². The Balaban J connectivity index is 1.72. The molecular formula is C15H21NO3S. The molecule has 1 N–H and O–H groups in total. The van der Waals surface area contributed by atoms with E-state index in [-0.39, 0.29) is 0 Å². The Hall–Kier alpha value is -1.07. The normalized spacial score (nSPS) is 21.1. The number of hydrogen-bond donors (Lipinski definition) is 1. The van der Waals surface area contributed by atoms with Gasteiger partial charge < -0.3 is 14.8 Å². The molecule has 4 nitrogen and oxygen atoms in total. The van der Waals surface area contributed by atoms with E-state index in [9.17, 15) is 4.21 Å². The second kappa shape index (κ2) is 6.14. The van der Waals surface area contributed by atoms with Crippen LogP contribution in [-0.2, 0) is 10.8 Å². The molecule has 0 saturated heterocycles. The Labute approximate surface area is 122 Å². The Morgan fingerprint density at radius 3 is 2.75 bits per heavy atom. The highest BCUT2D eigenvalue weighted by Gasteiger charge is 2.31. The maximum absolute atomic E-state index is 12.5. The van der Waals surface area contributed by atoms with Crippen LogP contribution in [0.4, 0.5) is 0 Å². The van der Waals surface area contributed by atoms with E-state index in [1.165, 1.54) is 12.8 Å². The minimum atomic E-state index is -0.996. The first-order valence-corrected chi connectivity index (χ1v) is 8.55. The fourth-order valence-corrected chi connectivity index (χ4v) is 3.91. The molecule has 20 heavy (non-hydrogen) atoms. The van der Waals surface area contributed by atoms with E-state index in [1.807, 2.05) is 25.2 Å². The Bertz CT molecular complexity index is 502. The summed E-state index contributed by atoms with van der Waals surface area (Å²) in [6.07, 6.45) is 3.39. The van der Waals surface area contributed by atoms with E-state index in [4.69, 9.17) is 9.47 Å². The molecule has 2 unspecified atom stereocenters. The van der Waals surface area contributed by atoms with Crippen molar-refractivity contribution < 1.29 is 13.7 Å². The van der Waals surface area contributed by atoms with Crippen LogP contribution in [0, 0.1) is 5.92 Å². The SMILES string of the molecule is CNC(CS(=O)c1ccc2c(c1)OCCCO2)C1CC1. The lowest BCUT2D eigenvalue weighted by Crippen LogP contribution is -2.33.